The molecule has 0 radical (unpaired) electrons. The molecular weight excluding hydrogens is 248 g/mol. The quantitative estimate of drug-likeness (QED) is 0.448. The van der Waals surface area contributed by atoms with Crippen LogP contribution in [0.25, 0.3) is 0 Å². The first-order valence-electron chi connectivity index (χ1n) is 4.85. The van der Waals surface area contributed by atoms with Gasteiger partial charge in [0, 0.05) is 11.6 Å². The molecule has 0 N–H and O–H groups in total. The Hall–Kier alpha value is -0.680. The van der Waals surface area contributed by atoms with Gasteiger partial charge in [-0.05, 0) is 5.92 Å². The molecule has 0 saturated heterocycles. The lowest BCUT2D eigenvalue weighted by molar-refractivity contribution is 0.364. The van der Waals surface area contributed by atoms with Gasteiger partial charge < -0.3 is 9.47 Å². The fourth-order valence-corrected chi connectivity index (χ4v) is 2.02. The summed E-state index contributed by atoms with van der Waals surface area (Å²) in [6.07, 6.45) is 0. The first kappa shape index (κ1) is 13.4. The molecule has 0 spiro atoms. The fourth-order valence-electron chi connectivity index (χ4n) is 0.919. The summed E-state index contributed by atoms with van der Waals surface area (Å²) >= 11 is 7.28. The zero-order chi connectivity index (χ0) is 12.0. The lowest BCUT2D eigenvalue weighted by Crippen LogP contribution is -2.01. The van der Waals surface area contributed by atoms with E-state index in [1.165, 1.54) is 0 Å². The van der Waals surface area contributed by atoms with Gasteiger partial charge in [-0.25, -0.2) is 0 Å². The molecule has 1 atom stereocenters. The number of halogens is 1. The first-order chi connectivity index (χ1) is 7.69. The van der Waals surface area contributed by atoms with Crippen LogP contribution >= 0.6 is 23.4 Å². The van der Waals surface area contributed by atoms with E-state index in [0.29, 0.717) is 28.7 Å². The van der Waals surface area contributed by atoms with Gasteiger partial charge in [0.25, 0.3) is 0 Å². The van der Waals surface area contributed by atoms with Crippen LogP contribution in [0.5, 0.6) is 11.8 Å². The summed E-state index contributed by atoms with van der Waals surface area (Å²) in [5.41, 5.74) is 0. The van der Waals surface area contributed by atoms with Crippen molar-refractivity contribution in [3.05, 3.63) is 6.07 Å². The maximum atomic E-state index is 5.73. The Kier molecular flexibility index (Phi) is 5.69. The molecule has 6 heteroatoms. The number of aromatic nitrogens is 2. The number of thioether (sulfide) groups is 1. The highest BCUT2D eigenvalue weighted by atomic mass is 35.5. The first-order valence-corrected chi connectivity index (χ1v) is 6.37. The van der Waals surface area contributed by atoms with E-state index in [9.17, 15) is 0 Å². The summed E-state index contributed by atoms with van der Waals surface area (Å²) in [6.45, 7) is 2.08. The largest absolute Gasteiger partial charge is 0.481 e. The molecule has 1 unspecified atom stereocenters. The van der Waals surface area contributed by atoms with Crippen molar-refractivity contribution in [1.82, 2.24) is 9.97 Å². The minimum Gasteiger partial charge on any atom is -0.481 e. The molecule has 0 aromatic carbocycles. The van der Waals surface area contributed by atoms with E-state index >= 15 is 0 Å². The van der Waals surface area contributed by atoms with Crippen LogP contribution in [0.15, 0.2) is 11.2 Å². The van der Waals surface area contributed by atoms with E-state index < -0.39 is 0 Å². The summed E-state index contributed by atoms with van der Waals surface area (Å²) in [7, 11) is 3.13. The second-order valence-electron chi connectivity index (χ2n) is 3.31. The average Bonchev–Trinajstić information content (AvgIpc) is 2.35. The Labute approximate surface area is 105 Å². The van der Waals surface area contributed by atoms with Crippen LogP contribution in [-0.4, -0.2) is 35.8 Å². The Morgan fingerprint density at radius 1 is 1.31 bits per heavy atom. The predicted octanol–water partition coefficient (Wildman–Crippen LogP) is 2.46. The van der Waals surface area contributed by atoms with E-state index in [-0.39, 0.29) is 0 Å². The molecule has 1 aromatic rings. The van der Waals surface area contributed by atoms with Gasteiger partial charge in [-0.2, -0.15) is 9.97 Å². The number of hydrogen-bond donors (Lipinski definition) is 0. The summed E-state index contributed by atoms with van der Waals surface area (Å²) in [4.78, 5) is 8.43. The van der Waals surface area contributed by atoms with Gasteiger partial charge in [0.05, 0.1) is 20.3 Å². The Morgan fingerprint density at radius 2 is 1.88 bits per heavy atom. The molecule has 0 aliphatic carbocycles. The zero-order valence-corrected chi connectivity index (χ0v) is 11.1. The van der Waals surface area contributed by atoms with E-state index in [4.69, 9.17) is 21.1 Å². The van der Waals surface area contributed by atoms with Gasteiger partial charge in [0.1, 0.15) is 0 Å². The molecule has 16 heavy (non-hydrogen) atoms. The third-order valence-electron chi connectivity index (χ3n) is 1.84. The topological polar surface area (TPSA) is 44.2 Å². The van der Waals surface area contributed by atoms with Crippen LogP contribution in [0.4, 0.5) is 0 Å². The average molecular weight is 263 g/mol. The third-order valence-corrected chi connectivity index (χ3v) is 3.54. The summed E-state index contributed by atoms with van der Waals surface area (Å²) in [6, 6.07) is 1.65. The lowest BCUT2D eigenvalue weighted by Gasteiger charge is -2.08. The highest BCUT2D eigenvalue weighted by Crippen LogP contribution is 2.23. The predicted molar refractivity (Wildman–Crippen MR) is 65.7 cm³/mol. The van der Waals surface area contributed by atoms with Crippen LogP contribution in [-0.2, 0) is 0 Å². The molecule has 0 aliphatic rings. The van der Waals surface area contributed by atoms with E-state index in [1.807, 2.05) is 0 Å². The summed E-state index contributed by atoms with van der Waals surface area (Å²) in [5, 5.41) is 0.646. The number of hydrogen-bond acceptors (Lipinski definition) is 5. The Bertz CT molecular complexity index is 316. The highest BCUT2D eigenvalue weighted by molar-refractivity contribution is 7.99. The fraction of sp³-hybridized carbons (Fsp3) is 0.600. The number of methoxy groups -OCH3 is 2. The van der Waals surface area contributed by atoms with Crippen LogP contribution < -0.4 is 9.47 Å². The van der Waals surface area contributed by atoms with Crippen LogP contribution in [0.3, 0.4) is 0 Å². The van der Waals surface area contributed by atoms with Crippen molar-refractivity contribution >= 4 is 23.4 Å². The number of alkyl halides is 1. The van der Waals surface area contributed by atoms with Gasteiger partial charge >= 0.3 is 0 Å². The monoisotopic (exact) mass is 262 g/mol. The maximum Gasteiger partial charge on any atom is 0.220 e. The third kappa shape index (κ3) is 4.06. The van der Waals surface area contributed by atoms with Gasteiger partial charge in [0.15, 0.2) is 5.16 Å². The van der Waals surface area contributed by atoms with E-state index in [1.54, 1.807) is 32.0 Å². The molecule has 1 heterocycles. The van der Waals surface area contributed by atoms with Crippen molar-refractivity contribution in [1.29, 1.82) is 0 Å². The van der Waals surface area contributed by atoms with Crippen molar-refractivity contribution in [3.8, 4) is 11.8 Å². The lowest BCUT2D eigenvalue weighted by atomic mass is 10.3. The zero-order valence-electron chi connectivity index (χ0n) is 9.57. The van der Waals surface area contributed by atoms with Crippen molar-refractivity contribution < 1.29 is 9.47 Å². The van der Waals surface area contributed by atoms with E-state index in [2.05, 4.69) is 16.9 Å². The normalized spacial score (nSPS) is 12.2. The maximum absolute atomic E-state index is 5.73. The molecule has 1 rings (SSSR count). The minimum absolute atomic E-state index is 0.424. The molecular formula is C10H15ClN2O2S. The number of ether oxygens (including phenoxy) is 2. The molecule has 0 aliphatic heterocycles. The van der Waals surface area contributed by atoms with Crippen LogP contribution in [0.1, 0.15) is 6.92 Å². The van der Waals surface area contributed by atoms with Crippen molar-refractivity contribution in [3.63, 3.8) is 0 Å². The second kappa shape index (κ2) is 6.81. The van der Waals surface area contributed by atoms with Crippen molar-refractivity contribution in [2.45, 2.75) is 12.1 Å². The molecule has 90 valence electrons. The standard InChI is InChI=1S/C10H15ClN2O2S/c1-7(5-11)6-16-10-12-8(14-2)4-9(13-10)15-3/h4,7H,5-6H2,1-3H3. The number of nitrogens with zero attached hydrogens (tertiary/aromatic N) is 2. The smallest absolute Gasteiger partial charge is 0.220 e. The van der Waals surface area contributed by atoms with Gasteiger partial charge in [0.2, 0.25) is 11.8 Å². The summed E-state index contributed by atoms with van der Waals surface area (Å²) in [5.74, 6) is 2.95. The van der Waals surface area contributed by atoms with Crippen molar-refractivity contribution in [2.24, 2.45) is 5.92 Å². The van der Waals surface area contributed by atoms with Gasteiger partial charge in [-0.1, -0.05) is 18.7 Å². The molecule has 0 amide bonds. The molecule has 0 fully saturated rings. The molecule has 0 bridgehead atoms. The number of rotatable bonds is 6. The van der Waals surface area contributed by atoms with Gasteiger partial charge in [-0.15, -0.1) is 11.6 Å². The Balaban J connectivity index is 2.71. The second-order valence-corrected chi connectivity index (χ2v) is 4.60. The van der Waals surface area contributed by atoms with Gasteiger partial charge in [-0.3, -0.25) is 0 Å². The molecule has 1 aromatic heterocycles. The van der Waals surface area contributed by atoms with E-state index in [0.717, 1.165) is 5.75 Å². The SMILES string of the molecule is COc1cc(OC)nc(SCC(C)CCl)n1. The van der Waals surface area contributed by atoms with Crippen molar-refractivity contribution in [2.75, 3.05) is 25.9 Å². The highest BCUT2D eigenvalue weighted by Gasteiger charge is 2.08. The van der Waals surface area contributed by atoms with Crippen LogP contribution in [0.2, 0.25) is 0 Å². The van der Waals surface area contributed by atoms with Crippen LogP contribution in [0, 0.1) is 5.92 Å². The molecule has 0 saturated carbocycles. The molecule has 4 nitrogen and oxygen atoms in total. The minimum atomic E-state index is 0.424. The summed E-state index contributed by atoms with van der Waals surface area (Å²) < 4.78 is 10.1. The Morgan fingerprint density at radius 3 is 2.31 bits per heavy atom.